The number of aromatic nitrogens is 1. The molecule has 6 heteroatoms. The molecular formula is C11H16N4OS. The number of hydrogen-bond acceptors (Lipinski definition) is 5. The first kappa shape index (κ1) is 11.0. The number of anilines is 1. The van der Waals surface area contributed by atoms with Crippen LogP contribution in [0.5, 0.6) is 0 Å². The molecule has 5 nitrogen and oxygen atoms in total. The second kappa shape index (κ2) is 4.27. The lowest BCUT2D eigenvalue weighted by atomic mass is 9.95. The summed E-state index contributed by atoms with van der Waals surface area (Å²) in [6.45, 7) is 0. The lowest BCUT2D eigenvalue weighted by Gasteiger charge is -2.20. The van der Waals surface area contributed by atoms with Gasteiger partial charge in [0.1, 0.15) is 4.88 Å². The van der Waals surface area contributed by atoms with E-state index >= 15 is 0 Å². The van der Waals surface area contributed by atoms with E-state index in [4.69, 9.17) is 0 Å². The van der Waals surface area contributed by atoms with E-state index in [0.717, 1.165) is 11.6 Å². The van der Waals surface area contributed by atoms with Crippen LogP contribution in [0.1, 0.15) is 28.9 Å². The molecule has 1 aromatic rings. The van der Waals surface area contributed by atoms with Gasteiger partial charge in [0.25, 0.3) is 5.91 Å². The molecular weight excluding hydrogens is 236 g/mol. The van der Waals surface area contributed by atoms with Crippen LogP contribution in [0.3, 0.4) is 0 Å². The molecule has 3 N–H and O–H groups in total. The summed E-state index contributed by atoms with van der Waals surface area (Å²) in [6, 6.07) is 1.38. The average molecular weight is 252 g/mol. The summed E-state index contributed by atoms with van der Waals surface area (Å²) in [7, 11) is 1.81. The summed E-state index contributed by atoms with van der Waals surface area (Å²) in [6.07, 6.45) is 5.13. The number of hydrogen-bond donors (Lipinski definition) is 3. The van der Waals surface area contributed by atoms with Crippen molar-refractivity contribution < 1.29 is 4.79 Å². The van der Waals surface area contributed by atoms with E-state index in [1.54, 1.807) is 13.2 Å². The molecule has 3 atom stereocenters. The minimum Gasteiger partial charge on any atom is -0.365 e. The molecule has 92 valence electrons. The van der Waals surface area contributed by atoms with Crippen molar-refractivity contribution in [3.63, 3.8) is 0 Å². The van der Waals surface area contributed by atoms with Crippen molar-refractivity contribution in [3.8, 4) is 0 Å². The molecule has 0 saturated carbocycles. The van der Waals surface area contributed by atoms with Crippen LogP contribution in [0.4, 0.5) is 5.13 Å². The molecule has 3 rings (SSSR count). The maximum Gasteiger partial charge on any atom is 0.263 e. The minimum absolute atomic E-state index is 0.00310. The fourth-order valence-corrected chi connectivity index (χ4v) is 3.39. The number of carbonyl (C=O) groups excluding carboxylic acids is 1. The van der Waals surface area contributed by atoms with E-state index in [1.165, 1.54) is 24.2 Å². The van der Waals surface area contributed by atoms with Gasteiger partial charge < -0.3 is 16.0 Å². The Balaban J connectivity index is 1.63. The SMILES string of the molecule is CNc1ncc(C(=O)N[C@@H]2C[C@H]3CC[C@@H]2N3)s1. The number of nitrogens with one attached hydrogen (secondary N) is 3. The highest BCUT2D eigenvalue weighted by Gasteiger charge is 2.39. The Labute approximate surface area is 104 Å². The van der Waals surface area contributed by atoms with E-state index in [9.17, 15) is 4.79 Å². The Morgan fingerprint density at radius 1 is 1.59 bits per heavy atom. The van der Waals surface area contributed by atoms with Crippen LogP contribution in [0, 0.1) is 0 Å². The molecule has 2 aliphatic rings. The van der Waals surface area contributed by atoms with Gasteiger partial charge in [-0.25, -0.2) is 4.98 Å². The highest BCUT2D eigenvalue weighted by atomic mass is 32.1. The Morgan fingerprint density at radius 3 is 3.06 bits per heavy atom. The molecule has 2 aliphatic heterocycles. The van der Waals surface area contributed by atoms with Gasteiger partial charge in [0.2, 0.25) is 0 Å². The molecule has 2 fully saturated rings. The number of thiazole rings is 1. The predicted molar refractivity (Wildman–Crippen MR) is 67.5 cm³/mol. The summed E-state index contributed by atoms with van der Waals surface area (Å²) in [4.78, 5) is 16.8. The van der Waals surface area contributed by atoms with E-state index in [-0.39, 0.29) is 5.91 Å². The summed E-state index contributed by atoms with van der Waals surface area (Å²) in [5.74, 6) is 0.00310. The zero-order chi connectivity index (χ0) is 11.8. The second-order valence-electron chi connectivity index (χ2n) is 4.64. The van der Waals surface area contributed by atoms with Crippen LogP contribution in [-0.2, 0) is 0 Å². The zero-order valence-corrected chi connectivity index (χ0v) is 10.5. The van der Waals surface area contributed by atoms with Crippen LogP contribution in [-0.4, -0.2) is 36.1 Å². The van der Waals surface area contributed by atoms with Gasteiger partial charge in [0, 0.05) is 25.2 Å². The number of rotatable bonds is 3. The minimum atomic E-state index is 0.00310. The third-order valence-electron chi connectivity index (χ3n) is 3.56. The molecule has 0 spiro atoms. The topological polar surface area (TPSA) is 66.0 Å². The van der Waals surface area contributed by atoms with Gasteiger partial charge >= 0.3 is 0 Å². The van der Waals surface area contributed by atoms with Crippen molar-refractivity contribution in [2.75, 3.05) is 12.4 Å². The largest absolute Gasteiger partial charge is 0.365 e. The van der Waals surface area contributed by atoms with Crippen molar-refractivity contribution in [1.82, 2.24) is 15.6 Å². The van der Waals surface area contributed by atoms with Crippen molar-refractivity contribution in [2.45, 2.75) is 37.4 Å². The Hall–Kier alpha value is -1.14. The van der Waals surface area contributed by atoms with Crippen LogP contribution in [0.15, 0.2) is 6.20 Å². The quantitative estimate of drug-likeness (QED) is 0.745. The first-order chi connectivity index (χ1) is 8.26. The fraction of sp³-hybridized carbons (Fsp3) is 0.636. The summed E-state index contributed by atoms with van der Waals surface area (Å²) in [5.41, 5.74) is 0. The van der Waals surface area contributed by atoms with Crippen molar-refractivity contribution >= 4 is 22.4 Å². The van der Waals surface area contributed by atoms with E-state index in [0.29, 0.717) is 23.0 Å². The van der Waals surface area contributed by atoms with Gasteiger partial charge in [0.15, 0.2) is 5.13 Å². The molecule has 0 unspecified atom stereocenters. The maximum absolute atomic E-state index is 12.0. The molecule has 0 radical (unpaired) electrons. The van der Waals surface area contributed by atoms with Crippen LogP contribution in [0.2, 0.25) is 0 Å². The highest BCUT2D eigenvalue weighted by Crippen LogP contribution is 2.28. The van der Waals surface area contributed by atoms with E-state index in [1.807, 2.05) is 0 Å². The molecule has 2 bridgehead atoms. The smallest absolute Gasteiger partial charge is 0.263 e. The molecule has 2 saturated heterocycles. The van der Waals surface area contributed by atoms with Gasteiger partial charge in [-0.05, 0) is 19.3 Å². The number of fused-ring (bicyclic) bond motifs is 2. The third kappa shape index (κ3) is 2.02. The van der Waals surface area contributed by atoms with Crippen molar-refractivity contribution in [1.29, 1.82) is 0 Å². The number of carbonyl (C=O) groups is 1. The summed E-state index contributed by atoms with van der Waals surface area (Å²) in [5, 5.41) is 10.3. The zero-order valence-electron chi connectivity index (χ0n) is 9.69. The molecule has 3 heterocycles. The third-order valence-corrected chi connectivity index (χ3v) is 4.57. The normalized spacial score (nSPS) is 30.5. The molecule has 0 aromatic carbocycles. The van der Waals surface area contributed by atoms with Gasteiger partial charge in [-0.3, -0.25) is 4.79 Å². The summed E-state index contributed by atoms with van der Waals surface area (Å²) < 4.78 is 0. The number of nitrogens with zero attached hydrogens (tertiary/aromatic N) is 1. The molecule has 0 aliphatic carbocycles. The summed E-state index contributed by atoms with van der Waals surface area (Å²) >= 11 is 1.39. The molecule has 1 aromatic heterocycles. The van der Waals surface area contributed by atoms with Crippen LogP contribution < -0.4 is 16.0 Å². The maximum atomic E-state index is 12.0. The standard InChI is InChI=1S/C11H16N4OS/c1-12-11-13-5-9(17-11)10(16)15-8-4-6-2-3-7(8)14-6/h5-8,14H,2-4H2,1H3,(H,12,13)(H,15,16)/t6-,7+,8-/m1/s1. The lowest BCUT2D eigenvalue weighted by molar-refractivity contribution is 0.0935. The average Bonchev–Trinajstić information content (AvgIpc) is 3.04. The predicted octanol–water partition coefficient (Wildman–Crippen LogP) is 0.807. The van der Waals surface area contributed by atoms with Crippen molar-refractivity contribution in [3.05, 3.63) is 11.1 Å². The van der Waals surface area contributed by atoms with E-state index < -0.39 is 0 Å². The molecule has 17 heavy (non-hydrogen) atoms. The van der Waals surface area contributed by atoms with Crippen molar-refractivity contribution in [2.24, 2.45) is 0 Å². The molecule has 1 amide bonds. The highest BCUT2D eigenvalue weighted by molar-refractivity contribution is 7.17. The van der Waals surface area contributed by atoms with Crippen LogP contribution in [0.25, 0.3) is 0 Å². The second-order valence-corrected chi connectivity index (χ2v) is 5.67. The first-order valence-corrected chi connectivity index (χ1v) is 6.78. The fourth-order valence-electron chi connectivity index (χ4n) is 2.72. The van der Waals surface area contributed by atoms with Gasteiger partial charge in [-0.15, -0.1) is 0 Å². The Bertz CT molecular complexity index is 433. The van der Waals surface area contributed by atoms with E-state index in [2.05, 4.69) is 20.9 Å². The monoisotopic (exact) mass is 252 g/mol. The van der Waals surface area contributed by atoms with Gasteiger partial charge in [0.05, 0.1) is 6.20 Å². The Morgan fingerprint density at radius 2 is 2.47 bits per heavy atom. The first-order valence-electron chi connectivity index (χ1n) is 5.97. The number of amides is 1. The van der Waals surface area contributed by atoms with Crippen LogP contribution >= 0.6 is 11.3 Å². The van der Waals surface area contributed by atoms with Gasteiger partial charge in [-0.1, -0.05) is 11.3 Å². The lowest BCUT2D eigenvalue weighted by Crippen LogP contribution is -2.42. The van der Waals surface area contributed by atoms with Gasteiger partial charge in [-0.2, -0.15) is 0 Å². The Kier molecular flexibility index (Phi) is 2.76.